The van der Waals surface area contributed by atoms with Gasteiger partial charge in [0.1, 0.15) is 0 Å². The van der Waals surface area contributed by atoms with Crippen LogP contribution in [0.4, 0.5) is 0 Å². The zero-order valence-electron chi connectivity index (χ0n) is 10.6. The van der Waals surface area contributed by atoms with E-state index in [-0.39, 0.29) is 4.90 Å². The Balaban J connectivity index is 3.08. The van der Waals surface area contributed by atoms with Crippen molar-refractivity contribution in [3.63, 3.8) is 0 Å². The van der Waals surface area contributed by atoms with Crippen molar-refractivity contribution in [3.8, 4) is 0 Å². The number of carbonyl (C=O) groups excluding carboxylic acids is 1. The van der Waals surface area contributed by atoms with Crippen molar-refractivity contribution >= 4 is 21.9 Å². The van der Waals surface area contributed by atoms with E-state index in [9.17, 15) is 13.2 Å². The fourth-order valence-electron chi connectivity index (χ4n) is 1.30. The summed E-state index contributed by atoms with van der Waals surface area (Å²) in [6.45, 7) is 3.26. The first kappa shape index (κ1) is 14.4. The monoisotopic (exact) mass is 268 g/mol. The van der Waals surface area contributed by atoms with E-state index in [1.54, 1.807) is 32.0 Å². The Morgan fingerprint density at radius 3 is 2.56 bits per heavy atom. The van der Waals surface area contributed by atoms with Crippen LogP contribution in [-0.4, -0.2) is 26.7 Å². The molecule has 0 fully saturated rings. The average molecular weight is 268 g/mol. The predicted molar refractivity (Wildman–Crippen MR) is 69.8 cm³/mol. The minimum atomic E-state index is -3.29. The molecular formula is C13H16O4S. The van der Waals surface area contributed by atoms with E-state index >= 15 is 0 Å². The number of carbonyl (C=O) groups is 1. The summed E-state index contributed by atoms with van der Waals surface area (Å²) in [6, 6.07) is 6.45. The van der Waals surface area contributed by atoms with Crippen LogP contribution < -0.4 is 0 Å². The topological polar surface area (TPSA) is 60.4 Å². The lowest BCUT2D eigenvalue weighted by atomic mass is 10.2. The van der Waals surface area contributed by atoms with Crippen molar-refractivity contribution in [2.24, 2.45) is 0 Å². The third-order valence-electron chi connectivity index (χ3n) is 2.42. The standard InChI is InChI=1S/C13H16O4S/c1-10(2)18(15,16)12-6-4-5-11(9-12)7-8-13(14)17-3/h4-10H,1-3H3. The molecule has 1 aromatic rings. The third kappa shape index (κ3) is 3.43. The molecule has 0 amide bonds. The molecule has 4 nitrogen and oxygen atoms in total. The van der Waals surface area contributed by atoms with Crippen molar-refractivity contribution in [2.75, 3.05) is 7.11 Å². The van der Waals surface area contributed by atoms with E-state index < -0.39 is 21.1 Å². The molecule has 1 aromatic carbocycles. The van der Waals surface area contributed by atoms with Gasteiger partial charge in [0.2, 0.25) is 0 Å². The molecule has 0 N–H and O–H groups in total. The van der Waals surface area contributed by atoms with Crippen LogP contribution in [0.15, 0.2) is 35.2 Å². The lowest BCUT2D eigenvalue weighted by Gasteiger charge is -2.08. The number of benzene rings is 1. The number of hydrogen-bond acceptors (Lipinski definition) is 4. The van der Waals surface area contributed by atoms with Gasteiger partial charge in [-0.05, 0) is 37.6 Å². The zero-order valence-corrected chi connectivity index (χ0v) is 11.4. The average Bonchev–Trinajstić information content (AvgIpc) is 2.36. The van der Waals surface area contributed by atoms with E-state index in [1.165, 1.54) is 25.3 Å². The SMILES string of the molecule is COC(=O)C=Cc1cccc(S(=O)(=O)C(C)C)c1. The molecule has 98 valence electrons. The summed E-state index contributed by atoms with van der Waals surface area (Å²) in [4.78, 5) is 11.2. The maximum absolute atomic E-state index is 12.0. The molecule has 0 saturated heterocycles. The molecule has 0 radical (unpaired) electrons. The van der Waals surface area contributed by atoms with Crippen LogP contribution in [0.5, 0.6) is 0 Å². The van der Waals surface area contributed by atoms with Gasteiger partial charge in [0, 0.05) is 6.08 Å². The summed E-state index contributed by atoms with van der Waals surface area (Å²) in [7, 11) is -2.01. The molecule has 18 heavy (non-hydrogen) atoms. The Hall–Kier alpha value is -1.62. The van der Waals surface area contributed by atoms with Gasteiger partial charge in [-0.25, -0.2) is 13.2 Å². The van der Waals surface area contributed by atoms with Gasteiger partial charge in [0.25, 0.3) is 0 Å². The maximum atomic E-state index is 12.0. The Kier molecular flexibility index (Phi) is 4.67. The van der Waals surface area contributed by atoms with Crippen LogP contribution in [-0.2, 0) is 19.4 Å². The first-order chi connectivity index (χ1) is 8.37. The molecule has 0 unspecified atom stereocenters. The molecule has 0 atom stereocenters. The Morgan fingerprint density at radius 2 is 2.00 bits per heavy atom. The second kappa shape index (κ2) is 5.82. The minimum Gasteiger partial charge on any atom is -0.466 e. The molecule has 0 spiro atoms. The molecule has 1 rings (SSSR count). The second-order valence-electron chi connectivity index (χ2n) is 4.02. The normalized spacial score (nSPS) is 12.0. The van der Waals surface area contributed by atoms with Gasteiger partial charge in [-0.15, -0.1) is 0 Å². The number of esters is 1. The van der Waals surface area contributed by atoms with Crippen molar-refractivity contribution in [1.29, 1.82) is 0 Å². The van der Waals surface area contributed by atoms with Gasteiger partial charge >= 0.3 is 5.97 Å². The largest absolute Gasteiger partial charge is 0.466 e. The van der Waals surface area contributed by atoms with E-state index in [0.29, 0.717) is 5.56 Å². The molecule has 0 aliphatic rings. The fourth-order valence-corrected chi connectivity index (χ4v) is 2.41. The molecule has 0 aromatic heterocycles. The first-order valence-corrected chi connectivity index (χ1v) is 7.02. The smallest absolute Gasteiger partial charge is 0.330 e. The van der Waals surface area contributed by atoms with Crippen LogP contribution in [0.25, 0.3) is 6.08 Å². The highest BCUT2D eigenvalue weighted by molar-refractivity contribution is 7.92. The summed E-state index contributed by atoms with van der Waals surface area (Å²) in [6.07, 6.45) is 2.77. The highest BCUT2D eigenvalue weighted by Gasteiger charge is 2.18. The summed E-state index contributed by atoms with van der Waals surface area (Å²) in [5, 5.41) is -0.475. The molecule has 0 aliphatic heterocycles. The van der Waals surface area contributed by atoms with Gasteiger partial charge < -0.3 is 4.74 Å². The van der Waals surface area contributed by atoms with Crippen molar-refractivity contribution < 1.29 is 17.9 Å². The van der Waals surface area contributed by atoms with Crippen LogP contribution in [0.1, 0.15) is 19.4 Å². The van der Waals surface area contributed by atoms with Crippen LogP contribution >= 0.6 is 0 Å². The lowest BCUT2D eigenvalue weighted by Crippen LogP contribution is -2.13. The second-order valence-corrected chi connectivity index (χ2v) is 6.53. The number of hydrogen-bond donors (Lipinski definition) is 0. The van der Waals surface area contributed by atoms with Gasteiger partial charge in [0.05, 0.1) is 17.3 Å². The van der Waals surface area contributed by atoms with E-state index in [1.807, 2.05) is 0 Å². The van der Waals surface area contributed by atoms with E-state index in [0.717, 1.165) is 0 Å². The van der Waals surface area contributed by atoms with E-state index in [4.69, 9.17) is 0 Å². The van der Waals surface area contributed by atoms with Gasteiger partial charge in [-0.2, -0.15) is 0 Å². The summed E-state index contributed by atoms with van der Waals surface area (Å²) in [5.41, 5.74) is 0.641. The molecule has 5 heteroatoms. The maximum Gasteiger partial charge on any atom is 0.330 e. The summed E-state index contributed by atoms with van der Waals surface area (Å²) in [5.74, 6) is -0.480. The third-order valence-corrected chi connectivity index (χ3v) is 4.57. The molecular weight excluding hydrogens is 252 g/mol. The number of rotatable bonds is 4. The molecule has 0 saturated carbocycles. The quantitative estimate of drug-likeness (QED) is 0.619. The molecule has 0 bridgehead atoms. The van der Waals surface area contributed by atoms with Crippen LogP contribution in [0, 0.1) is 0 Å². The summed E-state index contributed by atoms with van der Waals surface area (Å²) >= 11 is 0. The van der Waals surface area contributed by atoms with Crippen molar-refractivity contribution in [3.05, 3.63) is 35.9 Å². The fraction of sp³-hybridized carbons (Fsp3) is 0.308. The molecule has 0 aliphatic carbocycles. The van der Waals surface area contributed by atoms with Crippen LogP contribution in [0.3, 0.4) is 0 Å². The predicted octanol–water partition coefficient (Wildman–Crippen LogP) is 2.05. The molecule has 0 heterocycles. The van der Waals surface area contributed by atoms with Gasteiger partial charge in [-0.3, -0.25) is 0 Å². The minimum absolute atomic E-state index is 0.254. The Morgan fingerprint density at radius 1 is 1.33 bits per heavy atom. The lowest BCUT2D eigenvalue weighted by molar-refractivity contribution is -0.134. The Bertz CT molecular complexity index is 556. The Labute approximate surface area is 107 Å². The van der Waals surface area contributed by atoms with E-state index in [2.05, 4.69) is 4.74 Å². The summed E-state index contributed by atoms with van der Waals surface area (Å²) < 4.78 is 28.4. The number of methoxy groups -OCH3 is 1. The van der Waals surface area contributed by atoms with Crippen molar-refractivity contribution in [1.82, 2.24) is 0 Å². The number of sulfone groups is 1. The van der Waals surface area contributed by atoms with Crippen molar-refractivity contribution in [2.45, 2.75) is 24.0 Å². The van der Waals surface area contributed by atoms with Gasteiger partial charge in [0.15, 0.2) is 9.84 Å². The zero-order chi connectivity index (χ0) is 13.8. The first-order valence-electron chi connectivity index (χ1n) is 5.48. The van der Waals surface area contributed by atoms with Crippen LogP contribution in [0.2, 0.25) is 0 Å². The highest BCUT2D eigenvalue weighted by atomic mass is 32.2. The van der Waals surface area contributed by atoms with Gasteiger partial charge in [-0.1, -0.05) is 12.1 Å². The number of ether oxygens (including phenoxy) is 1. The highest BCUT2D eigenvalue weighted by Crippen LogP contribution is 2.17.